The minimum Gasteiger partial charge on any atom is -0.330 e. The van der Waals surface area contributed by atoms with Crippen molar-refractivity contribution in [2.45, 2.75) is 39.7 Å². The zero-order chi connectivity index (χ0) is 12.3. The number of benzene rings is 1. The average molecular weight is 220 g/mol. The van der Waals surface area contributed by atoms with Crippen LogP contribution in [0.3, 0.4) is 0 Å². The Kier molecular flexibility index (Phi) is 4.51. The topological polar surface area (TPSA) is 52.0 Å². The molecule has 0 saturated carbocycles. The van der Waals surface area contributed by atoms with Gasteiger partial charge in [-0.05, 0) is 42.0 Å². The van der Waals surface area contributed by atoms with Gasteiger partial charge < -0.3 is 11.5 Å². The largest absolute Gasteiger partial charge is 0.330 e. The average Bonchev–Trinajstić information content (AvgIpc) is 2.27. The van der Waals surface area contributed by atoms with Gasteiger partial charge in [-0.2, -0.15) is 0 Å². The predicted molar refractivity (Wildman–Crippen MR) is 70.4 cm³/mol. The van der Waals surface area contributed by atoms with E-state index in [2.05, 4.69) is 45.9 Å². The smallest absolute Gasteiger partial charge is 0.0335 e. The molecule has 0 aromatic heterocycles. The Morgan fingerprint density at radius 3 is 2.31 bits per heavy atom. The summed E-state index contributed by atoms with van der Waals surface area (Å²) in [6.45, 7) is 9.25. The fourth-order valence-electron chi connectivity index (χ4n) is 1.83. The number of hydrogen-bond acceptors (Lipinski definition) is 2. The van der Waals surface area contributed by atoms with Crippen LogP contribution in [-0.2, 0) is 0 Å². The summed E-state index contributed by atoms with van der Waals surface area (Å²) in [5.41, 5.74) is 15.8. The molecule has 0 saturated heterocycles. The van der Waals surface area contributed by atoms with Gasteiger partial charge in [-0.3, -0.25) is 0 Å². The van der Waals surface area contributed by atoms with Gasteiger partial charge in [0.2, 0.25) is 0 Å². The molecule has 0 radical (unpaired) electrons. The Morgan fingerprint density at radius 2 is 1.81 bits per heavy atom. The number of nitrogens with two attached hydrogens (primary N) is 2. The van der Waals surface area contributed by atoms with Gasteiger partial charge in [0.05, 0.1) is 0 Å². The molecular formula is C14H24N2. The summed E-state index contributed by atoms with van der Waals surface area (Å²) in [6, 6.07) is 6.62. The van der Waals surface area contributed by atoms with Crippen LogP contribution in [0.2, 0.25) is 0 Å². The molecule has 0 bridgehead atoms. The van der Waals surface area contributed by atoms with Gasteiger partial charge in [0.25, 0.3) is 0 Å². The van der Waals surface area contributed by atoms with E-state index in [1.54, 1.807) is 0 Å². The second-order valence-electron chi connectivity index (χ2n) is 5.01. The summed E-state index contributed by atoms with van der Waals surface area (Å²) in [5, 5.41) is 0. The number of hydrogen-bond donors (Lipinski definition) is 2. The van der Waals surface area contributed by atoms with Crippen molar-refractivity contribution < 1.29 is 0 Å². The molecule has 16 heavy (non-hydrogen) atoms. The lowest BCUT2D eigenvalue weighted by molar-refractivity contribution is 0.479. The lowest BCUT2D eigenvalue weighted by atomic mass is 9.89. The van der Waals surface area contributed by atoms with Gasteiger partial charge in [0, 0.05) is 6.04 Å². The number of rotatable bonds is 4. The van der Waals surface area contributed by atoms with E-state index < -0.39 is 0 Å². The molecule has 0 aliphatic rings. The van der Waals surface area contributed by atoms with Crippen LogP contribution in [0.1, 0.15) is 49.4 Å². The fraction of sp³-hybridized carbons (Fsp3) is 0.571. The van der Waals surface area contributed by atoms with Crippen molar-refractivity contribution in [3.63, 3.8) is 0 Å². The van der Waals surface area contributed by atoms with Crippen molar-refractivity contribution in [2.75, 3.05) is 6.54 Å². The molecule has 0 heterocycles. The first-order valence-electron chi connectivity index (χ1n) is 6.03. The van der Waals surface area contributed by atoms with Crippen molar-refractivity contribution in [1.82, 2.24) is 0 Å². The Balaban J connectivity index is 3.06. The van der Waals surface area contributed by atoms with Gasteiger partial charge in [-0.1, -0.05) is 39.0 Å². The van der Waals surface area contributed by atoms with Crippen molar-refractivity contribution in [3.05, 3.63) is 34.9 Å². The van der Waals surface area contributed by atoms with E-state index in [0.717, 1.165) is 0 Å². The molecule has 0 aliphatic carbocycles. The van der Waals surface area contributed by atoms with Crippen molar-refractivity contribution in [3.8, 4) is 0 Å². The second-order valence-corrected chi connectivity index (χ2v) is 5.01. The van der Waals surface area contributed by atoms with Crippen LogP contribution in [0.25, 0.3) is 0 Å². The molecule has 1 aromatic carbocycles. The molecule has 0 spiro atoms. The summed E-state index contributed by atoms with van der Waals surface area (Å²) in [5.74, 6) is 0.862. The minimum absolute atomic E-state index is 0.0451. The normalized spacial score (nSPS) is 15.2. The second kappa shape index (κ2) is 5.46. The van der Waals surface area contributed by atoms with Gasteiger partial charge in [-0.15, -0.1) is 0 Å². The van der Waals surface area contributed by atoms with Crippen molar-refractivity contribution >= 4 is 0 Å². The van der Waals surface area contributed by atoms with Gasteiger partial charge in [0.1, 0.15) is 0 Å². The Morgan fingerprint density at radius 1 is 1.19 bits per heavy atom. The maximum atomic E-state index is 6.24. The quantitative estimate of drug-likeness (QED) is 0.819. The van der Waals surface area contributed by atoms with Gasteiger partial charge >= 0.3 is 0 Å². The minimum atomic E-state index is 0.0451. The predicted octanol–water partition coefficient (Wildman–Crippen LogP) is 2.71. The molecule has 4 N–H and O–H groups in total. The zero-order valence-electron chi connectivity index (χ0n) is 10.8. The molecule has 2 nitrogen and oxygen atoms in total. The van der Waals surface area contributed by atoms with Gasteiger partial charge in [0.15, 0.2) is 0 Å². The molecule has 1 aromatic rings. The van der Waals surface area contributed by atoms with Crippen LogP contribution in [0, 0.1) is 12.8 Å². The van der Waals surface area contributed by atoms with Crippen LogP contribution >= 0.6 is 0 Å². The van der Waals surface area contributed by atoms with Crippen LogP contribution in [0.4, 0.5) is 0 Å². The van der Waals surface area contributed by atoms with E-state index in [9.17, 15) is 0 Å². The summed E-state index contributed by atoms with van der Waals surface area (Å²) < 4.78 is 0. The molecule has 2 atom stereocenters. The lowest BCUT2D eigenvalue weighted by Gasteiger charge is -2.22. The molecule has 2 heteroatoms. The van der Waals surface area contributed by atoms with E-state index in [4.69, 9.17) is 11.5 Å². The first-order chi connectivity index (χ1) is 7.47. The first kappa shape index (κ1) is 13.2. The highest BCUT2D eigenvalue weighted by molar-refractivity contribution is 5.35. The highest BCUT2D eigenvalue weighted by Gasteiger charge is 2.16. The molecule has 90 valence electrons. The summed E-state index contributed by atoms with van der Waals surface area (Å²) in [4.78, 5) is 0. The Hall–Kier alpha value is -0.860. The van der Waals surface area contributed by atoms with Crippen molar-refractivity contribution in [1.29, 1.82) is 0 Å². The summed E-state index contributed by atoms with van der Waals surface area (Å²) in [7, 11) is 0. The molecule has 0 amide bonds. The van der Waals surface area contributed by atoms with E-state index in [1.807, 2.05) is 0 Å². The lowest BCUT2D eigenvalue weighted by Crippen LogP contribution is -2.26. The monoisotopic (exact) mass is 220 g/mol. The molecular weight excluding hydrogens is 196 g/mol. The van der Waals surface area contributed by atoms with Crippen molar-refractivity contribution in [2.24, 2.45) is 17.4 Å². The summed E-state index contributed by atoms with van der Waals surface area (Å²) >= 11 is 0. The Labute approximate surface area is 99.0 Å². The van der Waals surface area contributed by atoms with E-state index >= 15 is 0 Å². The molecule has 0 fully saturated rings. The van der Waals surface area contributed by atoms with E-state index in [0.29, 0.717) is 18.4 Å². The van der Waals surface area contributed by atoms with E-state index in [1.165, 1.54) is 16.7 Å². The van der Waals surface area contributed by atoms with Gasteiger partial charge in [-0.25, -0.2) is 0 Å². The van der Waals surface area contributed by atoms with Crippen LogP contribution in [0.5, 0.6) is 0 Å². The zero-order valence-corrected chi connectivity index (χ0v) is 10.8. The third kappa shape index (κ3) is 2.83. The molecule has 1 rings (SSSR count). The third-order valence-electron chi connectivity index (χ3n) is 3.31. The van der Waals surface area contributed by atoms with Crippen LogP contribution in [-0.4, -0.2) is 6.54 Å². The molecule has 2 unspecified atom stereocenters. The van der Waals surface area contributed by atoms with Crippen LogP contribution in [0.15, 0.2) is 18.2 Å². The summed E-state index contributed by atoms with van der Waals surface area (Å²) in [6.07, 6.45) is 0. The maximum Gasteiger partial charge on any atom is 0.0335 e. The highest BCUT2D eigenvalue weighted by atomic mass is 14.7. The number of aryl methyl sites for hydroxylation is 1. The van der Waals surface area contributed by atoms with Crippen LogP contribution < -0.4 is 11.5 Å². The van der Waals surface area contributed by atoms with E-state index in [-0.39, 0.29) is 6.04 Å². The molecule has 0 aliphatic heterocycles. The first-order valence-corrected chi connectivity index (χ1v) is 6.03. The third-order valence-corrected chi connectivity index (χ3v) is 3.31. The fourth-order valence-corrected chi connectivity index (χ4v) is 1.83. The maximum absolute atomic E-state index is 6.24. The standard InChI is InChI=1S/C14H24N2/c1-9(2)12-6-5-10(3)13(7-12)14(16)11(4)8-15/h5-7,9,11,14H,8,15-16H2,1-4H3. The highest BCUT2D eigenvalue weighted by Crippen LogP contribution is 2.26. The SMILES string of the molecule is Cc1ccc(C(C)C)cc1C(N)C(C)CN. The Bertz CT molecular complexity index is 345.